The number of nitrogens with zero attached hydrogens (tertiary/aromatic N) is 10. The van der Waals surface area contributed by atoms with Crippen LogP contribution in [-0.2, 0) is 0 Å². The Morgan fingerprint density at radius 2 is 0.418 bits per heavy atom. The number of rotatable bonds is 12. The molecule has 10 nitrogen and oxygen atoms in total. The molecular formula is C134H80N10S2. The molecule has 678 valence electrons. The summed E-state index contributed by atoms with van der Waals surface area (Å²) >= 11 is 3.59. The van der Waals surface area contributed by atoms with Gasteiger partial charge in [-0.3, -0.25) is 0 Å². The Morgan fingerprint density at radius 1 is 0.144 bits per heavy atom. The molecule has 0 bridgehead atoms. The second-order valence-corrected chi connectivity index (χ2v) is 40.0. The average Bonchev–Trinajstić information content (AvgIpc) is 1.55. The molecule has 12 heteroatoms. The Kier molecular flexibility index (Phi) is 18.9. The van der Waals surface area contributed by atoms with Gasteiger partial charge < -0.3 is 18.3 Å². The van der Waals surface area contributed by atoms with Crippen molar-refractivity contribution in [3.63, 3.8) is 0 Å². The van der Waals surface area contributed by atoms with Gasteiger partial charge in [0.2, 0.25) is 0 Å². The van der Waals surface area contributed by atoms with E-state index in [4.69, 9.17) is 29.9 Å². The maximum Gasteiger partial charge on any atom is 0.165 e. The van der Waals surface area contributed by atoms with E-state index in [-0.39, 0.29) is 0 Å². The Balaban J connectivity index is 0.000000136. The van der Waals surface area contributed by atoms with Crippen LogP contribution in [0.25, 0.3) is 295 Å². The minimum Gasteiger partial charge on any atom is -0.309 e. The summed E-state index contributed by atoms with van der Waals surface area (Å²) in [4.78, 5) is 32.1. The maximum atomic E-state index is 5.45. The van der Waals surface area contributed by atoms with Crippen molar-refractivity contribution in [2.45, 2.75) is 0 Å². The van der Waals surface area contributed by atoms with E-state index < -0.39 is 0 Å². The Bertz CT molecular complexity index is 10800. The van der Waals surface area contributed by atoms with Crippen LogP contribution in [0.15, 0.2) is 485 Å². The summed E-state index contributed by atoms with van der Waals surface area (Å²) in [7, 11) is 0. The molecule has 0 atom stereocenters. The number of para-hydroxylation sites is 4. The van der Waals surface area contributed by atoms with Gasteiger partial charge in [0.25, 0.3) is 0 Å². The summed E-state index contributed by atoms with van der Waals surface area (Å²) in [5, 5.41) is 26.3. The molecule has 0 radical (unpaired) electrons. The third-order valence-corrected chi connectivity index (χ3v) is 32.0. The topological polar surface area (TPSA) is 97.1 Å². The van der Waals surface area contributed by atoms with Gasteiger partial charge >= 0.3 is 0 Å². The van der Waals surface area contributed by atoms with Crippen molar-refractivity contribution in [3.05, 3.63) is 485 Å². The summed E-state index contributed by atoms with van der Waals surface area (Å²) in [6.45, 7) is 0. The number of benzene rings is 23. The van der Waals surface area contributed by atoms with E-state index in [9.17, 15) is 0 Å². The summed E-state index contributed by atoms with van der Waals surface area (Å²) in [6, 6.07) is 175. The highest BCUT2D eigenvalue weighted by Gasteiger charge is 2.28. The maximum absolute atomic E-state index is 5.45. The molecule has 31 aromatic rings. The third-order valence-electron chi connectivity index (χ3n) is 29.6. The molecule has 0 aliphatic carbocycles. The predicted molar refractivity (Wildman–Crippen MR) is 614 cm³/mol. The van der Waals surface area contributed by atoms with Crippen molar-refractivity contribution in [3.8, 4) is 113 Å². The van der Waals surface area contributed by atoms with Gasteiger partial charge in [-0.25, -0.2) is 29.9 Å². The molecule has 8 heterocycles. The van der Waals surface area contributed by atoms with Gasteiger partial charge in [0.15, 0.2) is 34.9 Å². The van der Waals surface area contributed by atoms with Gasteiger partial charge in [-0.15, -0.1) is 22.7 Å². The van der Waals surface area contributed by atoms with E-state index in [0.717, 1.165) is 104 Å². The summed E-state index contributed by atoms with van der Waals surface area (Å²) in [5.41, 5.74) is 24.1. The first kappa shape index (κ1) is 82.9. The van der Waals surface area contributed by atoms with Crippen LogP contribution in [0.2, 0.25) is 0 Å². The Morgan fingerprint density at radius 3 is 0.815 bits per heavy atom. The number of hydrogen-bond donors (Lipinski definition) is 0. The molecule has 0 saturated carbocycles. The summed E-state index contributed by atoms with van der Waals surface area (Å²) in [6.07, 6.45) is 0. The SMILES string of the molecule is c1ccc(-c2nc(-c3ccc4ccccc4c3)nc(-c3cc(-n4c5ccc(-c6ccc7c(c6)c6ccccc6n7-c6ccccc6)cc5c5c6ccccc6ccc54)cc4c3sc3ccccc34)n2)cc1.c1ccc(-n2c3ccccc3c3cc(-c4ccc5c(c4)c4c6ccccc6ccc4n5-c4cc(-c5nc(-c6ccc7ccccc7c6)nc(-c6ccc7ccccc7c6)n5)c5sc6ccccc6c5c4)ccc32)cc1. The largest absolute Gasteiger partial charge is 0.309 e. The van der Waals surface area contributed by atoms with Gasteiger partial charge in [0.05, 0.1) is 44.1 Å². The first-order valence-corrected chi connectivity index (χ1v) is 51.0. The zero-order valence-corrected chi connectivity index (χ0v) is 80.1. The van der Waals surface area contributed by atoms with E-state index in [1.54, 1.807) is 22.7 Å². The van der Waals surface area contributed by atoms with Crippen molar-refractivity contribution < 1.29 is 0 Å². The molecule has 23 aromatic carbocycles. The Labute approximate surface area is 844 Å². The molecule has 8 aromatic heterocycles. The van der Waals surface area contributed by atoms with Crippen molar-refractivity contribution >= 4 is 204 Å². The van der Waals surface area contributed by atoms with Crippen molar-refractivity contribution in [2.24, 2.45) is 0 Å². The van der Waals surface area contributed by atoms with Crippen LogP contribution in [-0.4, -0.2) is 48.2 Å². The summed E-state index contributed by atoms with van der Waals surface area (Å²) in [5.74, 6) is 3.81. The molecule has 0 amide bonds. The van der Waals surface area contributed by atoms with Crippen LogP contribution in [0.4, 0.5) is 0 Å². The van der Waals surface area contributed by atoms with Crippen LogP contribution in [0.1, 0.15) is 0 Å². The van der Waals surface area contributed by atoms with Crippen LogP contribution in [0.3, 0.4) is 0 Å². The second kappa shape index (κ2) is 33.4. The van der Waals surface area contributed by atoms with Gasteiger partial charge in [-0.1, -0.05) is 334 Å². The number of aromatic nitrogens is 10. The molecule has 0 N–H and O–H groups in total. The van der Waals surface area contributed by atoms with Crippen molar-refractivity contribution in [1.29, 1.82) is 0 Å². The van der Waals surface area contributed by atoms with Crippen LogP contribution >= 0.6 is 22.7 Å². The highest BCUT2D eigenvalue weighted by molar-refractivity contribution is 7.26. The fourth-order valence-corrected chi connectivity index (χ4v) is 25.2. The van der Waals surface area contributed by atoms with Crippen LogP contribution in [0, 0.1) is 0 Å². The quantitative estimate of drug-likeness (QED) is 0.121. The molecule has 0 unspecified atom stereocenters. The standard InChI is InChI=1S/C69H41N5S.C65H39N5S/c1-2-19-51(20-3-1)73-60-24-12-10-22-54(60)56-38-47(31-33-61(56)73)48-32-34-62-58(39-48)65-53-21-9-8-16-44(53)30-35-63(65)74(62)52-40-57-55-23-11-13-25-64(55)75-66(57)59(41-52)69-71-67(49-28-26-42-14-4-6-17-45(42)36-49)70-68(72-69)50-29-27-43-15-5-7-18-46(43)37-50;1-3-17-42(18-4-1)63-66-64(46-28-27-40-15-7-8-19-43(40)35-46)68-65(67-63)55-39-48(38-53-51-24-12-14-26-60(51)71-62(53)55)70-58-33-31-45(37-54(58)61-49-22-10-9-16-41(49)29-34-59(61)70)44-30-32-57-52(36-44)50-23-11-13-25-56(50)69(57)47-20-5-2-6-21-47/h1-41H;1-39H. The van der Waals surface area contributed by atoms with Gasteiger partial charge in [0.1, 0.15) is 0 Å². The zero-order valence-electron chi connectivity index (χ0n) is 78.5. The Hall–Kier alpha value is -19.0. The minimum absolute atomic E-state index is 0.632. The number of thiophene rings is 2. The molecule has 0 spiro atoms. The second-order valence-electron chi connectivity index (χ2n) is 37.9. The van der Waals surface area contributed by atoms with E-state index in [2.05, 4.69) is 485 Å². The first-order valence-electron chi connectivity index (χ1n) is 49.4. The van der Waals surface area contributed by atoms with Crippen molar-refractivity contribution in [1.82, 2.24) is 48.2 Å². The number of hydrogen-bond acceptors (Lipinski definition) is 8. The average molecular weight is 1890 g/mol. The molecule has 31 rings (SSSR count). The van der Waals surface area contributed by atoms with Gasteiger partial charge in [0, 0.05) is 140 Å². The van der Waals surface area contributed by atoms with Gasteiger partial charge in [-0.2, -0.15) is 0 Å². The lowest BCUT2D eigenvalue weighted by Crippen LogP contribution is -2.01. The first-order chi connectivity index (χ1) is 72.3. The highest BCUT2D eigenvalue weighted by atomic mass is 32.1. The lowest BCUT2D eigenvalue weighted by atomic mass is 9.99. The lowest BCUT2D eigenvalue weighted by molar-refractivity contribution is 1.07. The van der Waals surface area contributed by atoms with Crippen LogP contribution < -0.4 is 0 Å². The molecule has 0 saturated heterocycles. The molecule has 0 aliphatic heterocycles. The minimum atomic E-state index is 0.632. The fraction of sp³-hybridized carbons (Fsp3) is 0. The third kappa shape index (κ3) is 13.5. The monoisotopic (exact) mass is 1890 g/mol. The number of fused-ring (bicyclic) bond motifs is 25. The predicted octanol–water partition coefficient (Wildman–Crippen LogP) is 36.0. The van der Waals surface area contributed by atoms with Crippen LogP contribution in [0.5, 0.6) is 0 Å². The highest BCUT2D eigenvalue weighted by Crippen LogP contribution is 2.50. The van der Waals surface area contributed by atoms with E-state index >= 15 is 0 Å². The molecule has 146 heavy (non-hydrogen) atoms. The van der Waals surface area contributed by atoms with Crippen molar-refractivity contribution in [2.75, 3.05) is 0 Å². The molecule has 0 aliphatic rings. The van der Waals surface area contributed by atoms with E-state index in [1.165, 1.54) is 156 Å². The summed E-state index contributed by atoms with van der Waals surface area (Å²) < 4.78 is 14.4. The van der Waals surface area contributed by atoms with Gasteiger partial charge in [-0.05, 0) is 228 Å². The van der Waals surface area contributed by atoms with E-state index in [1.807, 2.05) is 18.2 Å². The normalized spacial score (nSPS) is 12.0. The zero-order chi connectivity index (χ0) is 95.7. The van der Waals surface area contributed by atoms with E-state index in [0.29, 0.717) is 34.9 Å². The fourth-order valence-electron chi connectivity index (χ4n) is 22.8. The smallest absolute Gasteiger partial charge is 0.165 e. The molecular weight excluding hydrogens is 1810 g/mol. The lowest BCUT2D eigenvalue weighted by Gasteiger charge is -2.14. The molecule has 0 fully saturated rings.